The topological polar surface area (TPSA) is 24.5 Å². The number of para-hydroxylation sites is 1. The van der Waals surface area contributed by atoms with E-state index in [1.165, 1.54) is 5.56 Å². The molecular weight excluding hydrogens is 224 g/mol. The van der Waals surface area contributed by atoms with Gasteiger partial charge in [-0.2, -0.15) is 0 Å². The van der Waals surface area contributed by atoms with Crippen molar-refractivity contribution in [3.63, 3.8) is 0 Å². The number of nitrogens with zero attached hydrogens (tertiary/aromatic N) is 1. The first-order valence-electron chi connectivity index (χ1n) is 6.92. The van der Waals surface area contributed by atoms with Crippen LogP contribution >= 0.6 is 0 Å². The van der Waals surface area contributed by atoms with Crippen LogP contribution in [0.3, 0.4) is 0 Å². The van der Waals surface area contributed by atoms with E-state index in [9.17, 15) is 0 Å². The molecule has 1 aromatic carbocycles. The van der Waals surface area contributed by atoms with E-state index in [0.717, 1.165) is 45.0 Å². The van der Waals surface area contributed by atoms with Crippen LogP contribution in [0.25, 0.3) is 0 Å². The molecule has 3 heteroatoms. The summed E-state index contributed by atoms with van der Waals surface area (Å²) in [6.45, 7) is 7.37. The minimum absolute atomic E-state index is 0.599. The second kappa shape index (κ2) is 6.76. The van der Waals surface area contributed by atoms with Crippen molar-refractivity contribution in [3.8, 4) is 5.75 Å². The number of likely N-dealkylation sites (N-methyl/N-ethyl adjacent to an activating group) is 1. The zero-order chi connectivity index (χ0) is 12.8. The molecule has 0 bridgehead atoms. The molecule has 0 spiro atoms. The third-order valence-corrected chi connectivity index (χ3v) is 3.68. The van der Waals surface area contributed by atoms with Crippen LogP contribution in [0.2, 0.25) is 0 Å². The predicted molar refractivity (Wildman–Crippen MR) is 75.3 cm³/mol. The molecule has 1 aromatic rings. The standard InChI is InChI=1S/C15H24N2O/c1-3-17(2)10-9-16-12-13-8-11-18-15-7-5-4-6-14(13)15/h4-7,13,16H,3,8-12H2,1-2H3. The minimum Gasteiger partial charge on any atom is -0.493 e. The molecule has 1 heterocycles. The molecule has 1 unspecified atom stereocenters. The maximum Gasteiger partial charge on any atom is 0.122 e. The van der Waals surface area contributed by atoms with Crippen LogP contribution in [0.1, 0.15) is 24.8 Å². The van der Waals surface area contributed by atoms with Crippen LogP contribution in [0, 0.1) is 0 Å². The maximum absolute atomic E-state index is 5.68. The van der Waals surface area contributed by atoms with Crippen molar-refractivity contribution in [3.05, 3.63) is 29.8 Å². The van der Waals surface area contributed by atoms with Crippen molar-refractivity contribution in [1.82, 2.24) is 10.2 Å². The molecule has 1 aliphatic rings. The summed E-state index contributed by atoms with van der Waals surface area (Å²) < 4.78 is 5.68. The van der Waals surface area contributed by atoms with Gasteiger partial charge in [0.2, 0.25) is 0 Å². The lowest BCUT2D eigenvalue weighted by atomic mass is 9.93. The Morgan fingerprint density at radius 1 is 1.39 bits per heavy atom. The van der Waals surface area contributed by atoms with Crippen molar-refractivity contribution in [1.29, 1.82) is 0 Å². The summed E-state index contributed by atoms with van der Waals surface area (Å²) in [5.41, 5.74) is 1.36. The second-order valence-electron chi connectivity index (χ2n) is 4.97. The SMILES string of the molecule is CCN(C)CCNCC1CCOc2ccccc21. The van der Waals surface area contributed by atoms with Crippen molar-refractivity contribution < 1.29 is 4.74 Å². The smallest absolute Gasteiger partial charge is 0.122 e. The zero-order valence-electron chi connectivity index (χ0n) is 11.5. The number of ether oxygens (including phenoxy) is 1. The highest BCUT2D eigenvalue weighted by Gasteiger charge is 2.20. The van der Waals surface area contributed by atoms with Gasteiger partial charge in [-0.1, -0.05) is 25.1 Å². The summed E-state index contributed by atoms with van der Waals surface area (Å²) in [4.78, 5) is 2.32. The lowest BCUT2D eigenvalue weighted by Crippen LogP contribution is -2.32. The molecule has 0 saturated carbocycles. The van der Waals surface area contributed by atoms with Gasteiger partial charge in [-0.3, -0.25) is 0 Å². The van der Waals surface area contributed by atoms with Gasteiger partial charge in [0, 0.05) is 25.6 Å². The summed E-state index contributed by atoms with van der Waals surface area (Å²) in [7, 11) is 2.16. The van der Waals surface area contributed by atoms with Crippen molar-refractivity contribution >= 4 is 0 Å². The molecule has 18 heavy (non-hydrogen) atoms. The highest BCUT2D eigenvalue weighted by atomic mass is 16.5. The normalized spacial score (nSPS) is 18.5. The van der Waals surface area contributed by atoms with E-state index in [-0.39, 0.29) is 0 Å². The van der Waals surface area contributed by atoms with E-state index >= 15 is 0 Å². The van der Waals surface area contributed by atoms with Crippen molar-refractivity contribution in [2.24, 2.45) is 0 Å². The fraction of sp³-hybridized carbons (Fsp3) is 0.600. The molecule has 0 amide bonds. The van der Waals surface area contributed by atoms with Crippen LogP contribution in [0.15, 0.2) is 24.3 Å². The first-order valence-corrected chi connectivity index (χ1v) is 6.92. The van der Waals surface area contributed by atoms with Crippen LogP contribution in [0.4, 0.5) is 0 Å². The molecule has 2 rings (SSSR count). The average Bonchev–Trinajstić information content (AvgIpc) is 2.43. The molecule has 0 fully saturated rings. The minimum atomic E-state index is 0.599. The van der Waals surface area contributed by atoms with E-state index in [2.05, 4.69) is 42.4 Å². The number of benzene rings is 1. The Balaban J connectivity index is 1.81. The van der Waals surface area contributed by atoms with Gasteiger partial charge in [0.15, 0.2) is 0 Å². The second-order valence-corrected chi connectivity index (χ2v) is 4.97. The third-order valence-electron chi connectivity index (χ3n) is 3.68. The Hall–Kier alpha value is -1.06. The first-order chi connectivity index (χ1) is 8.81. The number of nitrogens with one attached hydrogen (secondary N) is 1. The van der Waals surface area contributed by atoms with Crippen LogP contribution in [-0.4, -0.2) is 44.7 Å². The highest BCUT2D eigenvalue weighted by molar-refractivity contribution is 5.37. The Kier molecular flexibility index (Phi) is 5.02. The fourth-order valence-corrected chi connectivity index (χ4v) is 2.33. The quantitative estimate of drug-likeness (QED) is 0.780. The average molecular weight is 248 g/mol. The molecule has 100 valence electrons. The molecule has 1 atom stereocenters. The lowest BCUT2D eigenvalue weighted by molar-refractivity contribution is 0.263. The van der Waals surface area contributed by atoms with Crippen LogP contribution in [-0.2, 0) is 0 Å². The van der Waals surface area contributed by atoms with Crippen LogP contribution < -0.4 is 10.1 Å². The summed E-state index contributed by atoms with van der Waals surface area (Å²) in [6, 6.07) is 8.42. The Morgan fingerprint density at radius 2 is 2.22 bits per heavy atom. The van der Waals surface area contributed by atoms with Gasteiger partial charge in [-0.05, 0) is 31.6 Å². The van der Waals surface area contributed by atoms with E-state index in [1.807, 2.05) is 6.07 Å². The molecule has 1 N–H and O–H groups in total. The van der Waals surface area contributed by atoms with Gasteiger partial charge in [0.1, 0.15) is 5.75 Å². The molecule has 0 aliphatic carbocycles. The summed E-state index contributed by atoms with van der Waals surface area (Å²) in [6.07, 6.45) is 1.12. The molecule has 3 nitrogen and oxygen atoms in total. The molecule has 0 saturated heterocycles. The monoisotopic (exact) mass is 248 g/mol. The van der Waals surface area contributed by atoms with Gasteiger partial charge in [0.05, 0.1) is 6.61 Å². The van der Waals surface area contributed by atoms with E-state index in [0.29, 0.717) is 5.92 Å². The number of rotatable bonds is 6. The maximum atomic E-state index is 5.68. The Labute approximate surface area is 110 Å². The molecule has 1 aliphatic heterocycles. The van der Waals surface area contributed by atoms with E-state index in [1.54, 1.807) is 0 Å². The lowest BCUT2D eigenvalue weighted by Gasteiger charge is -2.26. The number of hydrogen-bond acceptors (Lipinski definition) is 3. The van der Waals surface area contributed by atoms with E-state index < -0.39 is 0 Å². The Morgan fingerprint density at radius 3 is 3.06 bits per heavy atom. The van der Waals surface area contributed by atoms with Crippen molar-refractivity contribution in [2.75, 3.05) is 39.8 Å². The fourth-order valence-electron chi connectivity index (χ4n) is 2.33. The summed E-state index contributed by atoms with van der Waals surface area (Å²) in [5.74, 6) is 1.67. The number of fused-ring (bicyclic) bond motifs is 1. The highest BCUT2D eigenvalue weighted by Crippen LogP contribution is 2.32. The van der Waals surface area contributed by atoms with Gasteiger partial charge >= 0.3 is 0 Å². The summed E-state index contributed by atoms with van der Waals surface area (Å²) >= 11 is 0. The number of hydrogen-bond donors (Lipinski definition) is 1. The molecule has 0 aromatic heterocycles. The van der Waals surface area contributed by atoms with Gasteiger partial charge in [0.25, 0.3) is 0 Å². The third kappa shape index (κ3) is 3.47. The van der Waals surface area contributed by atoms with Gasteiger partial charge in [-0.15, -0.1) is 0 Å². The summed E-state index contributed by atoms with van der Waals surface area (Å²) in [5, 5.41) is 3.56. The first kappa shape index (κ1) is 13.4. The molecule has 0 radical (unpaired) electrons. The van der Waals surface area contributed by atoms with Crippen molar-refractivity contribution in [2.45, 2.75) is 19.3 Å². The van der Waals surface area contributed by atoms with Gasteiger partial charge < -0.3 is 15.0 Å². The predicted octanol–water partition coefficient (Wildman–Crippen LogP) is 2.09. The molecular formula is C15H24N2O. The zero-order valence-corrected chi connectivity index (χ0v) is 11.5. The van der Waals surface area contributed by atoms with Crippen LogP contribution in [0.5, 0.6) is 5.75 Å². The Bertz CT molecular complexity index is 367. The largest absolute Gasteiger partial charge is 0.493 e. The van der Waals surface area contributed by atoms with Gasteiger partial charge in [-0.25, -0.2) is 0 Å². The van der Waals surface area contributed by atoms with E-state index in [4.69, 9.17) is 4.74 Å².